The van der Waals surface area contributed by atoms with E-state index < -0.39 is 0 Å². The monoisotopic (exact) mass is 417 g/mol. The summed E-state index contributed by atoms with van der Waals surface area (Å²) in [5, 5.41) is 10.4. The normalized spacial score (nSPS) is 12.3. The topological polar surface area (TPSA) is 83.6 Å². The average Bonchev–Trinajstić information content (AvgIpc) is 3.22. The molecule has 4 aromatic rings. The van der Waals surface area contributed by atoms with E-state index in [1.165, 1.54) is 17.5 Å². The smallest absolute Gasteiger partial charge is 0.255 e. The molecular formula is C23H23N5OS. The van der Waals surface area contributed by atoms with Crippen molar-refractivity contribution >= 4 is 35.3 Å². The molecule has 2 aromatic carbocycles. The fraction of sp³-hybridized carbons (Fsp3) is 0.217. The van der Waals surface area contributed by atoms with Crippen molar-refractivity contribution in [2.24, 2.45) is 0 Å². The van der Waals surface area contributed by atoms with Gasteiger partial charge < -0.3 is 5.32 Å². The van der Waals surface area contributed by atoms with Crippen molar-refractivity contribution in [3.05, 3.63) is 82.9 Å². The molecule has 152 valence electrons. The highest BCUT2D eigenvalue weighted by molar-refractivity contribution is 7.80. The van der Waals surface area contributed by atoms with Crippen LogP contribution in [0.5, 0.6) is 0 Å². The van der Waals surface area contributed by atoms with Crippen LogP contribution in [-0.4, -0.2) is 26.1 Å². The minimum atomic E-state index is -0.312. The first-order valence-electron chi connectivity index (χ1n) is 9.78. The van der Waals surface area contributed by atoms with Crippen LogP contribution in [0.2, 0.25) is 0 Å². The molecule has 7 heteroatoms. The van der Waals surface area contributed by atoms with Crippen molar-refractivity contribution in [1.82, 2.24) is 20.2 Å². The molecule has 0 aliphatic heterocycles. The summed E-state index contributed by atoms with van der Waals surface area (Å²) in [6.45, 7) is 6.39. The van der Waals surface area contributed by atoms with Gasteiger partial charge in [-0.2, -0.15) is 17.7 Å². The van der Waals surface area contributed by atoms with Crippen LogP contribution in [0.25, 0.3) is 11.0 Å². The van der Waals surface area contributed by atoms with Crippen LogP contribution < -0.4 is 5.32 Å². The number of fused-ring (bicyclic) bond motifs is 1. The van der Waals surface area contributed by atoms with Gasteiger partial charge in [-0.25, -0.2) is 9.97 Å². The molecule has 2 N–H and O–H groups in total. The number of nitrogens with one attached hydrogen (secondary N) is 2. The summed E-state index contributed by atoms with van der Waals surface area (Å²) in [6.07, 6.45) is 3.17. The first-order chi connectivity index (χ1) is 14.4. The first-order valence-corrected chi connectivity index (χ1v) is 10.3. The van der Waals surface area contributed by atoms with E-state index in [0.717, 1.165) is 22.3 Å². The van der Waals surface area contributed by atoms with Gasteiger partial charge in [0.05, 0.1) is 22.5 Å². The number of hydrogen-bond acceptors (Lipinski definition) is 5. The molecule has 1 unspecified atom stereocenters. The second kappa shape index (κ2) is 8.28. The maximum atomic E-state index is 12.8. The van der Waals surface area contributed by atoms with Gasteiger partial charge in [0, 0.05) is 11.3 Å². The number of aromatic nitrogens is 4. The summed E-state index contributed by atoms with van der Waals surface area (Å²) in [4.78, 5) is 21.4. The highest BCUT2D eigenvalue weighted by atomic mass is 32.1. The third-order valence-electron chi connectivity index (χ3n) is 5.15. The number of carbonyl (C=O) groups excluding carboxylic acids is 1. The Bertz CT molecular complexity index is 1220. The van der Waals surface area contributed by atoms with Gasteiger partial charge in [0.1, 0.15) is 6.33 Å². The van der Waals surface area contributed by atoms with Gasteiger partial charge in [-0.3, -0.25) is 9.89 Å². The van der Waals surface area contributed by atoms with Crippen LogP contribution in [0.1, 0.15) is 57.8 Å². The molecule has 0 aliphatic rings. The van der Waals surface area contributed by atoms with Crippen LogP contribution in [0.4, 0.5) is 5.69 Å². The molecule has 30 heavy (non-hydrogen) atoms. The summed E-state index contributed by atoms with van der Waals surface area (Å²) < 4.78 is 0. The standard InChI is InChI=1S/C23H23N5OS/c1-13(2)18-8-7-17(9-14(18)3)27-23(29)16-6-4-5-15(10-16)21(30)20-19-11-26-28-22(19)25-12-24-20/h4-13,21,30H,1-3H3,(H,27,29)(H,24,25,26,28). The zero-order valence-corrected chi connectivity index (χ0v) is 17.9. The molecule has 2 aromatic heterocycles. The first kappa shape index (κ1) is 20.1. The Morgan fingerprint density at radius 2 is 1.97 bits per heavy atom. The highest BCUT2D eigenvalue weighted by Crippen LogP contribution is 2.31. The minimum Gasteiger partial charge on any atom is -0.322 e. The van der Waals surface area contributed by atoms with Crippen LogP contribution in [-0.2, 0) is 0 Å². The van der Waals surface area contributed by atoms with Gasteiger partial charge in [0.2, 0.25) is 0 Å². The largest absolute Gasteiger partial charge is 0.322 e. The summed E-state index contributed by atoms with van der Waals surface area (Å²) in [7, 11) is 0. The molecule has 0 fully saturated rings. The summed E-state index contributed by atoms with van der Waals surface area (Å²) in [6, 6.07) is 13.5. The SMILES string of the molecule is Cc1cc(NC(=O)c2cccc(C(S)c3ncnc4[nH]ncc34)c2)ccc1C(C)C. The molecule has 1 amide bonds. The molecule has 0 spiro atoms. The Morgan fingerprint density at radius 3 is 2.73 bits per heavy atom. The number of benzene rings is 2. The number of carbonyl (C=O) groups is 1. The van der Waals surface area contributed by atoms with Gasteiger partial charge in [-0.05, 0) is 53.8 Å². The van der Waals surface area contributed by atoms with Crippen LogP contribution >= 0.6 is 12.6 Å². The van der Waals surface area contributed by atoms with Crippen molar-refractivity contribution in [2.75, 3.05) is 5.32 Å². The number of hydrogen-bond donors (Lipinski definition) is 3. The maximum absolute atomic E-state index is 12.8. The van der Waals surface area contributed by atoms with Crippen molar-refractivity contribution < 1.29 is 4.79 Å². The van der Waals surface area contributed by atoms with E-state index >= 15 is 0 Å². The van der Waals surface area contributed by atoms with Crippen LogP contribution in [0.3, 0.4) is 0 Å². The van der Waals surface area contributed by atoms with E-state index in [1.54, 1.807) is 12.3 Å². The fourth-order valence-electron chi connectivity index (χ4n) is 3.61. The number of H-pyrrole nitrogens is 1. The zero-order chi connectivity index (χ0) is 21.3. The number of aromatic amines is 1. The third-order valence-corrected chi connectivity index (χ3v) is 5.69. The average molecular weight is 418 g/mol. The lowest BCUT2D eigenvalue weighted by atomic mass is 9.97. The van der Waals surface area contributed by atoms with Gasteiger partial charge >= 0.3 is 0 Å². The van der Waals surface area contributed by atoms with Crippen molar-refractivity contribution in [1.29, 1.82) is 0 Å². The molecule has 6 nitrogen and oxygen atoms in total. The Kier molecular flexibility index (Phi) is 5.55. The summed E-state index contributed by atoms with van der Waals surface area (Å²) in [5.41, 5.74) is 6.07. The summed E-state index contributed by atoms with van der Waals surface area (Å²) >= 11 is 4.76. The molecule has 0 aliphatic carbocycles. The van der Waals surface area contributed by atoms with E-state index in [4.69, 9.17) is 12.6 Å². The number of nitrogens with zero attached hydrogens (tertiary/aromatic N) is 3. The van der Waals surface area contributed by atoms with E-state index in [0.29, 0.717) is 17.1 Å². The van der Waals surface area contributed by atoms with Gasteiger partial charge in [0.15, 0.2) is 5.65 Å². The van der Waals surface area contributed by atoms with Crippen LogP contribution in [0, 0.1) is 6.92 Å². The lowest BCUT2D eigenvalue weighted by molar-refractivity contribution is 0.102. The zero-order valence-electron chi connectivity index (χ0n) is 17.0. The van der Waals surface area contributed by atoms with Gasteiger partial charge in [0.25, 0.3) is 5.91 Å². The van der Waals surface area contributed by atoms with E-state index in [9.17, 15) is 4.79 Å². The number of rotatable bonds is 5. The Balaban J connectivity index is 1.58. The minimum absolute atomic E-state index is 0.162. The Labute approximate surface area is 180 Å². The lowest BCUT2D eigenvalue weighted by Gasteiger charge is -2.14. The summed E-state index contributed by atoms with van der Waals surface area (Å²) in [5.74, 6) is 0.285. The van der Waals surface area contributed by atoms with E-state index in [1.807, 2.05) is 30.3 Å². The molecular weight excluding hydrogens is 394 g/mol. The van der Waals surface area contributed by atoms with Crippen molar-refractivity contribution in [3.8, 4) is 0 Å². The number of thiol groups is 1. The lowest BCUT2D eigenvalue weighted by Crippen LogP contribution is -2.13. The second-order valence-electron chi connectivity index (χ2n) is 7.60. The van der Waals surface area contributed by atoms with Crippen molar-refractivity contribution in [3.63, 3.8) is 0 Å². The van der Waals surface area contributed by atoms with Gasteiger partial charge in [-0.1, -0.05) is 32.0 Å². The van der Waals surface area contributed by atoms with E-state index in [2.05, 4.69) is 52.3 Å². The Hall–Kier alpha value is -3.19. The molecule has 0 bridgehead atoms. The molecule has 0 saturated heterocycles. The number of anilines is 1. The van der Waals surface area contributed by atoms with Gasteiger partial charge in [-0.15, -0.1) is 0 Å². The maximum Gasteiger partial charge on any atom is 0.255 e. The predicted molar refractivity (Wildman–Crippen MR) is 122 cm³/mol. The van der Waals surface area contributed by atoms with Crippen molar-refractivity contribution in [2.45, 2.75) is 31.9 Å². The molecule has 2 heterocycles. The third kappa shape index (κ3) is 3.93. The quantitative estimate of drug-likeness (QED) is 0.397. The Morgan fingerprint density at radius 1 is 1.13 bits per heavy atom. The second-order valence-corrected chi connectivity index (χ2v) is 8.12. The molecule has 1 atom stereocenters. The van der Waals surface area contributed by atoms with Crippen LogP contribution in [0.15, 0.2) is 55.0 Å². The van der Waals surface area contributed by atoms with E-state index in [-0.39, 0.29) is 11.2 Å². The number of amides is 1. The fourth-order valence-corrected chi connectivity index (χ4v) is 3.98. The molecule has 4 rings (SSSR count). The number of aryl methyl sites for hydroxylation is 1. The highest BCUT2D eigenvalue weighted by Gasteiger charge is 2.17. The molecule has 0 saturated carbocycles. The predicted octanol–water partition coefficient (Wildman–Crippen LogP) is 5.06. The molecule has 0 radical (unpaired) electrons.